The van der Waals surface area contributed by atoms with Gasteiger partial charge in [-0.2, -0.15) is 0 Å². The summed E-state index contributed by atoms with van der Waals surface area (Å²) in [6, 6.07) is 9.21. The summed E-state index contributed by atoms with van der Waals surface area (Å²) < 4.78 is 28.2. The fraction of sp³-hybridized carbons (Fsp3) is 0.474. The van der Waals surface area contributed by atoms with Crippen LogP contribution in [0.5, 0.6) is 0 Å². The molecule has 0 saturated heterocycles. The minimum absolute atomic E-state index is 0.0254. The molecule has 0 bridgehead atoms. The van der Waals surface area contributed by atoms with E-state index in [1.54, 1.807) is 12.1 Å². The van der Waals surface area contributed by atoms with Crippen LogP contribution in [0, 0.1) is 5.92 Å². The third kappa shape index (κ3) is 3.40. The van der Waals surface area contributed by atoms with Gasteiger partial charge >= 0.3 is 0 Å². The van der Waals surface area contributed by atoms with Gasteiger partial charge in [-0.1, -0.05) is 12.1 Å². The minimum atomic E-state index is -3.63. The van der Waals surface area contributed by atoms with E-state index >= 15 is 0 Å². The summed E-state index contributed by atoms with van der Waals surface area (Å²) in [6.07, 6.45) is 6.14. The van der Waals surface area contributed by atoms with Crippen molar-refractivity contribution in [2.75, 3.05) is 6.54 Å². The van der Waals surface area contributed by atoms with E-state index in [0.29, 0.717) is 4.90 Å². The summed E-state index contributed by atoms with van der Waals surface area (Å²) in [6.45, 7) is 0.0254. The molecule has 6 heteroatoms. The first-order chi connectivity index (χ1) is 12.0. The molecule has 4 nitrogen and oxygen atoms in total. The molecule has 134 valence electrons. The lowest BCUT2D eigenvalue weighted by atomic mass is 9.92. The Balaban J connectivity index is 1.55. The summed E-state index contributed by atoms with van der Waals surface area (Å²) in [5.41, 5.74) is 1.30. The van der Waals surface area contributed by atoms with Gasteiger partial charge in [0.1, 0.15) is 5.60 Å². The van der Waals surface area contributed by atoms with Gasteiger partial charge in [-0.15, -0.1) is 11.3 Å². The second-order valence-electron chi connectivity index (χ2n) is 7.14. The Hall–Kier alpha value is -1.21. The van der Waals surface area contributed by atoms with E-state index in [4.69, 9.17) is 0 Å². The average molecular weight is 378 g/mol. The summed E-state index contributed by atoms with van der Waals surface area (Å²) in [5.74, 6) is 0.136. The first-order valence-corrected chi connectivity index (χ1v) is 11.2. The fourth-order valence-corrected chi connectivity index (χ4v) is 5.71. The van der Waals surface area contributed by atoms with Crippen molar-refractivity contribution >= 4 is 21.4 Å². The molecular weight excluding hydrogens is 354 g/mol. The van der Waals surface area contributed by atoms with Gasteiger partial charge in [0, 0.05) is 11.4 Å². The van der Waals surface area contributed by atoms with Gasteiger partial charge in [0.15, 0.2) is 0 Å². The molecule has 0 radical (unpaired) electrons. The predicted molar refractivity (Wildman–Crippen MR) is 99.2 cm³/mol. The Labute approximate surface area is 153 Å². The fourth-order valence-electron chi connectivity index (χ4n) is 3.68. The van der Waals surface area contributed by atoms with Gasteiger partial charge < -0.3 is 5.11 Å². The van der Waals surface area contributed by atoms with Crippen LogP contribution in [0.25, 0.3) is 0 Å². The number of thiophene rings is 1. The van der Waals surface area contributed by atoms with Crippen molar-refractivity contribution in [1.82, 2.24) is 4.72 Å². The molecule has 4 rings (SSSR count). The third-order valence-electron chi connectivity index (χ3n) is 5.36. The molecule has 2 N–H and O–H groups in total. The van der Waals surface area contributed by atoms with Crippen molar-refractivity contribution in [3.8, 4) is 0 Å². The molecule has 2 aromatic rings. The molecule has 1 fully saturated rings. The van der Waals surface area contributed by atoms with E-state index in [0.717, 1.165) is 42.5 Å². The highest BCUT2D eigenvalue weighted by Gasteiger charge is 2.46. The van der Waals surface area contributed by atoms with Crippen molar-refractivity contribution in [3.63, 3.8) is 0 Å². The summed E-state index contributed by atoms with van der Waals surface area (Å²) in [4.78, 5) is 1.14. The molecule has 0 spiro atoms. The Bertz CT molecular complexity index is 857. The lowest BCUT2D eigenvalue weighted by Crippen LogP contribution is -2.42. The highest BCUT2D eigenvalue weighted by atomic mass is 32.2. The van der Waals surface area contributed by atoms with Crippen LogP contribution in [0.4, 0.5) is 0 Å². The number of aliphatic hydroxyl groups is 1. The summed E-state index contributed by atoms with van der Waals surface area (Å²) >= 11 is 1.48. The second kappa shape index (κ2) is 6.50. The van der Waals surface area contributed by atoms with Crippen molar-refractivity contribution in [1.29, 1.82) is 0 Å². The number of hydrogen-bond donors (Lipinski definition) is 2. The van der Waals surface area contributed by atoms with Crippen molar-refractivity contribution in [3.05, 3.63) is 51.7 Å². The average Bonchev–Trinajstić information content (AvgIpc) is 3.34. The normalized spacial score (nSPS) is 20.0. The third-order valence-corrected chi connectivity index (χ3v) is 7.80. The van der Waals surface area contributed by atoms with Crippen LogP contribution in [0.1, 0.15) is 41.7 Å². The predicted octanol–water partition coefficient (Wildman–Crippen LogP) is 3.20. The zero-order chi connectivity index (χ0) is 17.5. The molecule has 1 heterocycles. The lowest BCUT2D eigenvalue weighted by Gasteiger charge is -2.27. The molecular formula is C19H23NO3S2. The maximum absolute atomic E-state index is 12.8. The van der Waals surface area contributed by atoms with E-state index in [9.17, 15) is 13.5 Å². The largest absolute Gasteiger partial charge is 0.383 e. The molecule has 2 aliphatic carbocycles. The van der Waals surface area contributed by atoms with E-state index < -0.39 is 15.6 Å². The van der Waals surface area contributed by atoms with Crippen LogP contribution < -0.4 is 4.72 Å². The smallest absolute Gasteiger partial charge is 0.240 e. The Morgan fingerprint density at radius 2 is 1.92 bits per heavy atom. The number of aryl methyl sites for hydroxylation is 2. The van der Waals surface area contributed by atoms with Gasteiger partial charge in [-0.25, -0.2) is 13.1 Å². The van der Waals surface area contributed by atoms with Crippen LogP contribution in [0.3, 0.4) is 0 Å². The van der Waals surface area contributed by atoms with Gasteiger partial charge in [0.25, 0.3) is 0 Å². The van der Waals surface area contributed by atoms with Gasteiger partial charge in [-0.05, 0) is 79.1 Å². The van der Waals surface area contributed by atoms with E-state index in [-0.39, 0.29) is 12.5 Å². The number of nitrogens with one attached hydrogen (secondary N) is 1. The number of benzene rings is 1. The molecule has 1 aromatic carbocycles. The number of fused-ring (bicyclic) bond motifs is 1. The van der Waals surface area contributed by atoms with Crippen molar-refractivity contribution < 1.29 is 13.5 Å². The molecule has 1 aromatic heterocycles. The Morgan fingerprint density at radius 1 is 1.16 bits per heavy atom. The van der Waals surface area contributed by atoms with Gasteiger partial charge in [0.2, 0.25) is 10.0 Å². The molecule has 25 heavy (non-hydrogen) atoms. The van der Waals surface area contributed by atoms with Crippen molar-refractivity contribution in [2.24, 2.45) is 5.92 Å². The lowest BCUT2D eigenvalue weighted by molar-refractivity contribution is 0.0222. The Kier molecular flexibility index (Phi) is 4.48. The molecule has 0 aliphatic heterocycles. The van der Waals surface area contributed by atoms with Crippen LogP contribution in [0.15, 0.2) is 40.6 Å². The SMILES string of the molecule is O=S(=O)(NCC(O)(c1cccs1)C1CC1)c1ccc2c(c1)CCCC2. The maximum atomic E-state index is 12.8. The second-order valence-corrected chi connectivity index (χ2v) is 9.85. The highest BCUT2D eigenvalue weighted by molar-refractivity contribution is 7.89. The maximum Gasteiger partial charge on any atom is 0.240 e. The monoisotopic (exact) mass is 377 g/mol. The van der Waals surface area contributed by atoms with Crippen LogP contribution >= 0.6 is 11.3 Å². The van der Waals surface area contributed by atoms with Crippen LogP contribution in [-0.2, 0) is 28.5 Å². The first-order valence-electron chi connectivity index (χ1n) is 8.87. The number of hydrogen-bond acceptors (Lipinski definition) is 4. The van der Waals surface area contributed by atoms with Gasteiger partial charge in [0.05, 0.1) is 4.90 Å². The molecule has 1 unspecified atom stereocenters. The van der Waals surface area contributed by atoms with E-state index in [1.807, 2.05) is 23.6 Å². The van der Waals surface area contributed by atoms with Gasteiger partial charge in [-0.3, -0.25) is 0 Å². The quantitative estimate of drug-likeness (QED) is 0.812. The summed E-state index contributed by atoms with van der Waals surface area (Å²) in [7, 11) is -3.63. The molecule has 0 amide bonds. The molecule has 2 aliphatic rings. The first kappa shape index (κ1) is 17.2. The molecule has 1 saturated carbocycles. The van der Waals surface area contributed by atoms with Crippen molar-refractivity contribution in [2.45, 2.75) is 49.0 Å². The molecule has 1 atom stereocenters. The zero-order valence-corrected chi connectivity index (χ0v) is 15.7. The number of rotatable bonds is 6. The Morgan fingerprint density at radius 3 is 2.60 bits per heavy atom. The topological polar surface area (TPSA) is 66.4 Å². The van der Waals surface area contributed by atoms with E-state index in [1.165, 1.54) is 23.3 Å². The highest BCUT2D eigenvalue weighted by Crippen LogP contribution is 2.46. The zero-order valence-electron chi connectivity index (χ0n) is 14.1. The minimum Gasteiger partial charge on any atom is -0.383 e. The standard InChI is InChI=1S/C19H23NO3S2/c21-19(16-8-9-16,18-6-3-11-24-18)13-20-25(22,23)17-10-7-14-4-1-2-5-15(14)12-17/h3,6-7,10-12,16,20-21H,1-2,4-5,8-9,13H2. The van der Waals surface area contributed by atoms with E-state index in [2.05, 4.69) is 4.72 Å². The number of sulfonamides is 1. The summed E-state index contributed by atoms with van der Waals surface area (Å²) in [5, 5.41) is 13.0. The van der Waals surface area contributed by atoms with Crippen LogP contribution in [0.2, 0.25) is 0 Å². The van der Waals surface area contributed by atoms with Crippen LogP contribution in [-0.4, -0.2) is 20.1 Å².